The van der Waals surface area contributed by atoms with Gasteiger partial charge in [-0.05, 0) is 52.4 Å². The van der Waals surface area contributed by atoms with Crippen molar-refractivity contribution in [3.63, 3.8) is 0 Å². The highest BCUT2D eigenvalue weighted by Crippen LogP contribution is 2.21. The van der Waals surface area contributed by atoms with Gasteiger partial charge < -0.3 is 15.0 Å². The molecule has 1 fully saturated rings. The van der Waals surface area contributed by atoms with E-state index in [9.17, 15) is 0 Å². The quantitative estimate of drug-likeness (QED) is 0.808. The number of likely N-dealkylation sites (N-methyl/N-ethyl adjacent to an activating group) is 1. The topological polar surface area (TPSA) is 50.3 Å². The Kier molecular flexibility index (Phi) is 6.08. The Labute approximate surface area is 128 Å². The lowest BCUT2D eigenvalue weighted by atomic mass is 10.1. The third kappa shape index (κ3) is 4.46. The van der Waals surface area contributed by atoms with Crippen LogP contribution in [0, 0.1) is 13.8 Å². The highest BCUT2D eigenvalue weighted by Gasteiger charge is 2.23. The third-order valence-electron chi connectivity index (χ3n) is 4.03. The summed E-state index contributed by atoms with van der Waals surface area (Å²) in [4.78, 5) is 11.7. The minimum absolute atomic E-state index is 0.0111. The summed E-state index contributed by atoms with van der Waals surface area (Å²) in [5.74, 6) is 0.840. The molecule has 21 heavy (non-hydrogen) atoms. The second-order valence-electron chi connectivity index (χ2n) is 5.81. The van der Waals surface area contributed by atoms with Crippen LogP contribution in [0.1, 0.15) is 42.2 Å². The van der Waals surface area contributed by atoms with Crippen LogP contribution in [0.15, 0.2) is 0 Å². The maximum Gasteiger partial charge on any atom is 0.158 e. The van der Waals surface area contributed by atoms with E-state index in [2.05, 4.69) is 38.0 Å². The molecule has 2 heterocycles. The van der Waals surface area contributed by atoms with Crippen LogP contribution in [-0.2, 0) is 11.2 Å². The second kappa shape index (κ2) is 7.82. The Morgan fingerprint density at radius 3 is 2.62 bits per heavy atom. The number of aromatic nitrogens is 2. The van der Waals surface area contributed by atoms with Gasteiger partial charge in [0.2, 0.25) is 0 Å². The first kappa shape index (κ1) is 16.3. The first-order chi connectivity index (χ1) is 10.1. The van der Waals surface area contributed by atoms with Gasteiger partial charge in [-0.3, -0.25) is 0 Å². The molecule has 118 valence electrons. The molecule has 2 rings (SSSR count). The summed E-state index contributed by atoms with van der Waals surface area (Å²) in [6.07, 6.45) is 2.18. The van der Waals surface area contributed by atoms with Crippen molar-refractivity contribution in [1.82, 2.24) is 20.2 Å². The van der Waals surface area contributed by atoms with Crippen molar-refractivity contribution in [3.05, 3.63) is 22.8 Å². The molecular weight excluding hydrogens is 264 g/mol. The predicted octanol–water partition coefficient (Wildman–Crippen LogP) is 1.64. The predicted molar refractivity (Wildman–Crippen MR) is 84.6 cm³/mol. The molecule has 0 aromatic carbocycles. The molecule has 1 unspecified atom stereocenters. The SMILES string of the molecule is CCNCCCc1c(C)nc(C2CN(C)CCO2)nc1C. The van der Waals surface area contributed by atoms with Crippen molar-refractivity contribution in [1.29, 1.82) is 0 Å². The summed E-state index contributed by atoms with van der Waals surface area (Å²) in [5, 5.41) is 3.36. The van der Waals surface area contributed by atoms with Gasteiger partial charge in [0.25, 0.3) is 0 Å². The first-order valence-electron chi connectivity index (χ1n) is 7.96. The summed E-state index contributed by atoms with van der Waals surface area (Å²) in [5.41, 5.74) is 3.50. The number of aryl methyl sites for hydroxylation is 2. The highest BCUT2D eigenvalue weighted by molar-refractivity contribution is 5.25. The Morgan fingerprint density at radius 2 is 2.00 bits per heavy atom. The fourth-order valence-corrected chi connectivity index (χ4v) is 2.77. The van der Waals surface area contributed by atoms with Gasteiger partial charge in [-0.25, -0.2) is 9.97 Å². The van der Waals surface area contributed by atoms with Crippen molar-refractivity contribution in [3.8, 4) is 0 Å². The van der Waals surface area contributed by atoms with Gasteiger partial charge in [0.15, 0.2) is 5.82 Å². The van der Waals surface area contributed by atoms with Gasteiger partial charge >= 0.3 is 0 Å². The molecule has 1 saturated heterocycles. The Morgan fingerprint density at radius 1 is 1.29 bits per heavy atom. The van der Waals surface area contributed by atoms with Crippen LogP contribution in [-0.4, -0.2) is 54.7 Å². The van der Waals surface area contributed by atoms with Gasteiger partial charge in [-0.1, -0.05) is 6.92 Å². The first-order valence-corrected chi connectivity index (χ1v) is 7.96. The molecule has 0 saturated carbocycles. The Hall–Kier alpha value is -1.04. The molecular formula is C16H28N4O. The zero-order chi connectivity index (χ0) is 15.2. The van der Waals surface area contributed by atoms with E-state index in [0.717, 1.165) is 62.8 Å². The van der Waals surface area contributed by atoms with Crippen molar-refractivity contribution in [2.75, 3.05) is 39.8 Å². The van der Waals surface area contributed by atoms with Crippen molar-refractivity contribution >= 4 is 0 Å². The normalized spacial score (nSPS) is 19.9. The molecule has 1 N–H and O–H groups in total. The number of hydrogen-bond acceptors (Lipinski definition) is 5. The van der Waals surface area contributed by atoms with E-state index in [4.69, 9.17) is 14.7 Å². The molecule has 1 aliphatic rings. The van der Waals surface area contributed by atoms with Crippen molar-refractivity contribution in [2.24, 2.45) is 0 Å². The summed E-state index contributed by atoms with van der Waals surface area (Å²) in [6.45, 7) is 11.0. The van der Waals surface area contributed by atoms with Gasteiger partial charge in [0, 0.05) is 24.5 Å². The minimum atomic E-state index is 0.0111. The maximum absolute atomic E-state index is 5.82. The van der Waals surface area contributed by atoms with E-state index in [-0.39, 0.29) is 6.10 Å². The standard InChI is InChI=1S/C16H28N4O/c1-5-17-8-6-7-14-12(2)18-16(19-13(14)3)15-11-20(4)9-10-21-15/h15,17H,5-11H2,1-4H3. The smallest absolute Gasteiger partial charge is 0.158 e. The third-order valence-corrected chi connectivity index (χ3v) is 4.03. The van der Waals surface area contributed by atoms with Crippen LogP contribution < -0.4 is 5.32 Å². The molecule has 0 aliphatic carbocycles. The summed E-state index contributed by atoms with van der Waals surface area (Å²) in [6, 6.07) is 0. The Balaban J connectivity index is 2.05. The number of nitrogens with zero attached hydrogens (tertiary/aromatic N) is 3. The van der Waals surface area contributed by atoms with E-state index in [1.807, 2.05) is 0 Å². The van der Waals surface area contributed by atoms with E-state index >= 15 is 0 Å². The number of ether oxygens (including phenoxy) is 1. The largest absolute Gasteiger partial charge is 0.368 e. The number of rotatable bonds is 6. The zero-order valence-electron chi connectivity index (χ0n) is 13.8. The average Bonchev–Trinajstić information content (AvgIpc) is 2.45. The zero-order valence-corrected chi connectivity index (χ0v) is 13.8. The molecule has 0 spiro atoms. The van der Waals surface area contributed by atoms with E-state index in [0.29, 0.717) is 0 Å². The molecule has 1 aromatic rings. The summed E-state index contributed by atoms with van der Waals surface area (Å²) in [7, 11) is 2.12. The van der Waals surface area contributed by atoms with Crippen LogP contribution in [0.25, 0.3) is 0 Å². The monoisotopic (exact) mass is 292 g/mol. The van der Waals surface area contributed by atoms with Crippen molar-refractivity contribution in [2.45, 2.75) is 39.7 Å². The maximum atomic E-state index is 5.82. The van der Waals surface area contributed by atoms with Crippen LogP contribution in [0.2, 0.25) is 0 Å². The fourth-order valence-electron chi connectivity index (χ4n) is 2.77. The average molecular weight is 292 g/mol. The van der Waals surface area contributed by atoms with Crippen molar-refractivity contribution < 1.29 is 4.74 Å². The molecule has 5 heteroatoms. The fraction of sp³-hybridized carbons (Fsp3) is 0.750. The van der Waals surface area contributed by atoms with E-state index < -0.39 is 0 Å². The van der Waals surface area contributed by atoms with Gasteiger partial charge in [-0.15, -0.1) is 0 Å². The molecule has 1 atom stereocenters. The van der Waals surface area contributed by atoms with Crippen LogP contribution in [0.3, 0.4) is 0 Å². The van der Waals surface area contributed by atoms with E-state index in [1.165, 1.54) is 5.56 Å². The molecule has 5 nitrogen and oxygen atoms in total. The number of morpholine rings is 1. The number of nitrogens with one attached hydrogen (secondary N) is 1. The second-order valence-corrected chi connectivity index (χ2v) is 5.81. The summed E-state index contributed by atoms with van der Waals surface area (Å²) < 4.78 is 5.82. The molecule has 0 amide bonds. The minimum Gasteiger partial charge on any atom is -0.368 e. The molecule has 0 radical (unpaired) electrons. The van der Waals surface area contributed by atoms with Crippen LogP contribution in [0.4, 0.5) is 0 Å². The highest BCUT2D eigenvalue weighted by atomic mass is 16.5. The lowest BCUT2D eigenvalue weighted by Gasteiger charge is -2.29. The number of hydrogen-bond donors (Lipinski definition) is 1. The summed E-state index contributed by atoms with van der Waals surface area (Å²) >= 11 is 0. The van der Waals surface area contributed by atoms with Gasteiger partial charge in [0.1, 0.15) is 6.10 Å². The lowest BCUT2D eigenvalue weighted by Crippen LogP contribution is -2.36. The van der Waals surface area contributed by atoms with E-state index in [1.54, 1.807) is 0 Å². The van der Waals surface area contributed by atoms with Gasteiger partial charge in [-0.2, -0.15) is 0 Å². The molecule has 1 aromatic heterocycles. The van der Waals surface area contributed by atoms with Crippen LogP contribution in [0.5, 0.6) is 0 Å². The van der Waals surface area contributed by atoms with Crippen LogP contribution >= 0.6 is 0 Å². The van der Waals surface area contributed by atoms with Gasteiger partial charge in [0.05, 0.1) is 6.61 Å². The lowest BCUT2D eigenvalue weighted by molar-refractivity contribution is -0.0256. The molecule has 0 bridgehead atoms. The molecule has 1 aliphatic heterocycles. The Bertz CT molecular complexity index is 441.